The molecule has 3 rings (SSSR count). The maximum Gasteiger partial charge on any atom is 0.246 e. The van der Waals surface area contributed by atoms with Crippen LogP contribution in [-0.2, 0) is 4.79 Å². The molecule has 1 unspecified atom stereocenters. The molecule has 1 aliphatic heterocycles. The SMILES string of the molecule is COc1ccc(C=CC=CC(=O)N2CCN(CCC(O)c3ccccc3)CC2)cc1OC. The molecule has 1 amide bonds. The molecule has 1 aliphatic rings. The first kappa shape index (κ1) is 23.6. The van der Waals surface area contributed by atoms with Gasteiger partial charge in [-0.3, -0.25) is 9.69 Å². The van der Waals surface area contributed by atoms with Gasteiger partial charge in [0.25, 0.3) is 0 Å². The highest BCUT2D eigenvalue weighted by Crippen LogP contribution is 2.28. The van der Waals surface area contributed by atoms with E-state index in [1.54, 1.807) is 26.4 Å². The summed E-state index contributed by atoms with van der Waals surface area (Å²) in [5.41, 5.74) is 1.92. The molecule has 170 valence electrons. The summed E-state index contributed by atoms with van der Waals surface area (Å²) in [5, 5.41) is 10.3. The minimum atomic E-state index is -0.448. The van der Waals surface area contributed by atoms with Crippen LogP contribution in [0.15, 0.2) is 66.8 Å². The Kier molecular flexibility index (Phi) is 8.90. The fourth-order valence-electron chi connectivity index (χ4n) is 3.71. The van der Waals surface area contributed by atoms with E-state index in [0.29, 0.717) is 31.0 Å². The highest BCUT2D eigenvalue weighted by Gasteiger charge is 2.20. The predicted octanol–water partition coefficient (Wildman–Crippen LogP) is 3.54. The molecule has 0 bridgehead atoms. The molecule has 2 aromatic rings. The summed E-state index contributed by atoms with van der Waals surface area (Å²) >= 11 is 0. The minimum Gasteiger partial charge on any atom is -0.493 e. The van der Waals surface area contributed by atoms with E-state index >= 15 is 0 Å². The topological polar surface area (TPSA) is 62.2 Å². The molecule has 1 fully saturated rings. The second kappa shape index (κ2) is 12.1. The molecule has 2 aromatic carbocycles. The van der Waals surface area contributed by atoms with Gasteiger partial charge in [-0.2, -0.15) is 0 Å². The zero-order valence-corrected chi connectivity index (χ0v) is 18.8. The number of hydrogen-bond acceptors (Lipinski definition) is 5. The smallest absolute Gasteiger partial charge is 0.246 e. The van der Waals surface area contributed by atoms with Gasteiger partial charge in [0, 0.05) is 38.8 Å². The molecule has 1 atom stereocenters. The van der Waals surface area contributed by atoms with E-state index in [1.807, 2.05) is 65.6 Å². The number of hydrogen-bond donors (Lipinski definition) is 1. The Hall–Kier alpha value is -3.09. The Morgan fingerprint density at radius 1 is 1.00 bits per heavy atom. The molecular formula is C26H32N2O4. The van der Waals surface area contributed by atoms with Gasteiger partial charge in [0.2, 0.25) is 5.91 Å². The number of aliphatic hydroxyl groups is 1. The van der Waals surface area contributed by atoms with Crippen molar-refractivity contribution in [2.45, 2.75) is 12.5 Å². The predicted molar refractivity (Wildman–Crippen MR) is 127 cm³/mol. The van der Waals surface area contributed by atoms with Crippen LogP contribution in [0.3, 0.4) is 0 Å². The third-order valence-corrected chi connectivity index (χ3v) is 5.63. The van der Waals surface area contributed by atoms with Crippen molar-refractivity contribution in [1.82, 2.24) is 9.80 Å². The zero-order chi connectivity index (χ0) is 22.8. The van der Waals surface area contributed by atoms with E-state index in [-0.39, 0.29) is 5.91 Å². The number of allylic oxidation sites excluding steroid dienone is 2. The van der Waals surface area contributed by atoms with Crippen molar-refractivity contribution in [3.63, 3.8) is 0 Å². The van der Waals surface area contributed by atoms with Crippen LogP contribution in [0.25, 0.3) is 6.08 Å². The first-order valence-electron chi connectivity index (χ1n) is 10.9. The van der Waals surface area contributed by atoms with Crippen LogP contribution in [0, 0.1) is 0 Å². The van der Waals surface area contributed by atoms with Gasteiger partial charge < -0.3 is 19.5 Å². The quantitative estimate of drug-likeness (QED) is 0.481. The molecule has 0 saturated carbocycles. The number of benzene rings is 2. The van der Waals surface area contributed by atoms with Gasteiger partial charge in [-0.1, -0.05) is 54.6 Å². The van der Waals surface area contributed by atoms with Gasteiger partial charge in [-0.25, -0.2) is 0 Å². The summed E-state index contributed by atoms with van der Waals surface area (Å²) in [6, 6.07) is 15.4. The van der Waals surface area contributed by atoms with Crippen molar-refractivity contribution in [3.8, 4) is 11.5 Å². The van der Waals surface area contributed by atoms with E-state index in [1.165, 1.54) is 0 Å². The van der Waals surface area contributed by atoms with Crippen molar-refractivity contribution < 1.29 is 19.4 Å². The molecule has 0 aliphatic carbocycles. The molecule has 6 nitrogen and oxygen atoms in total. The van der Waals surface area contributed by atoms with Crippen molar-refractivity contribution in [1.29, 1.82) is 0 Å². The molecule has 0 aromatic heterocycles. The van der Waals surface area contributed by atoms with Crippen molar-refractivity contribution in [3.05, 3.63) is 77.9 Å². The van der Waals surface area contributed by atoms with Crippen LogP contribution < -0.4 is 9.47 Å². The van der Waals surface area contributed by atoms with E-state index in [9.17, 15) is 9.90 Å². The third kappa shape index (κ3) is 6.70. The van der Waals surface area contributed by atoms with Crippen molar-refractivity contribution in [2.24, 2.45) is 0 Å². The maximum atomic E-state index is 12.5. The summed E-state index contributed by atoms with van der Waals surface area (Å²) < 4.78 is 10.5. The number of nitrogens with zero attached hydrogens (tertiary/aromatic N) is 2. The first-order valence-corrected chi connectivity index (χ1v) is 10.9. The van der Waals surface area contributed by atoms with Gasteiger partial charge in [0.05, 0.1) is 20.3 Å². The van der Waals surface area contributed by atoms with E-state index in [2.05, 4.69) is 4.90 Å². The van der Waals surface area contributed by atoms with Crippen LogP contribution in [0.5, 0.6) is 11.5 Å². The van der Waals surface area contributed by atoms with E-state index in [0.717, 1.165) is 30.8 Å². The Bertz CT molecular complexity index is 919. The van der Waals surface area contributed by atoms with Crippen molar-refractivity contribution >= 4 is 12.0 Å². The Balaban J connectivity index is 1.41. The number of carbonyl (C=O) groups is 1. The number of carbonyl (C=O) groups excluding carboxylic acids is 1. The summed E-state index contributed by atoms with van der Waals surface area (Å²) in [6.07, 6.45) is 7.38. The van der Waals surface area contributed by atoms with Crippen molar-refractivity contribution in [2.75, 3.05) is 46.9 Å². The molecule has 1 N–H and O–H groups in total. The molecule has 1 heterocycles. The van der Waals surface area contributed by atoms with E-state index < -0.39 is 6.10 Å². The Morgan fingerprint density at radius 2 is 1.72 bits per heavy atom. The molecule has 1 saturated heterocycles. The summed E-state index contributed by atoms with van der Waals surface area (Å²) in [4.78, 5) is 16.6. The second-order valence-electron chi connectivity index (χ2n) is 7.71. The lowest BCUT2D eigenvalue weighted by molar-refractivity contribution is -0.127. The second-order valence-corrected chi connectivity index (χ2v) is 7.71. The van der Waals surface area contributed by atoms with Crippen LogP contribution in [-0.4, -0.2) is 67.8 Å². The lowest BCUT2D eigenvalue weighted by atomic mass is 10.1. The standard InChI is InChI=1S/C26H32N2O4/c1-31-24-13-12-21(20-25(24)32-2)8-6-7-11-26(30)28-18-16-27(17-19-28)15-14-23(29)22-9-4-3-5-10-22/h3-13,20,23,29H,14-19H2,1-2H3. The number of piperazine rings is 1. The summed E-state index contributed by atoms with van der Waals surface area (Å²) in [5.74, 6) is 1.37. The molecule has 32 heavy (non-hydrogen) atoms. The van der Waals surface area contributed by atoms with Crippen LogP contribution >= 0.6 is 0 Å². The Morgan fingerprint density at radius 3 is 2.41 bits per heavy atom. The monoisotopic (exact) mass is 436 g/mol. The number of amides is 1. The average Bonchev–Trinajstić information content (AvgIpc) is 2.85. The van der Waals surface area contributed by atoms with Crippen LogP contribution in [0.2, 0.25) is 0 Å². The molecular weight excluding hydrogens is 404 g/mol. The van der Waals surface area contributed by atoms with Gasteiger partial charge in [0.15, 0.2) is 11.5 Å². The highest BCUT2D eigenvalue weighted by molar-refractivity contribution is 5.88. The maximum absolute atomic E-state index is 12.5. The molecule has 0 radical (unpaired) electrons. The van der Waals surface area contributed by atoms with Gasteiger partial charge >= 0.3 is 0 Å². The average molecular weight is 437 g/mol. The summed E-state index contributed by atoms with van der Waals surface area (Å²) in [6.45, 7) is 3.86. The highest BCUT2D eigenvalue weighted by atomic mass is 16.5. The van der Waals surface area contributed by atoms with Crippen LogP contribution in [0.1, 0.15) is 23.7 Å². The molecule has 6 heteroatoms. The first-order chi connectivity index (χ1) is 15.6. The fraction of sp³-hybridized carbons (Fsp3) is 0.346. The zero-order valence-electron chi connectivity index (χ0n) is 18.8. The van der Waals surface area contributed by atoms with Gasteiger partial charge in [-0.15, -0.1) is 0 Å². The largest absolute Gasteiger partial charge is 0.493 e. The lowest BCUT2D eigenvalue weighted by Gasteiger charge is -2.34. The molecule has 0 spiro atoms. The minimum absolute atomic E-state index is 0.0194. The van der Waals surface area contributed by atoms with Crippen LogP contribution in [0.4, 0.5) is 0 Å². The fourth-order valence-corrected chi connectivity index (χ4v) is 3.71. The van der Waals surface area contributed by atoms with Gasteiger partial charge in [-0.05, 0) is 29.7 Å². The van der Waals surface area contributed by atoms with E-state index in [4.69, 9.17) is 9.47 Å². The number of ether oxygens (including phenoxy) is 2. The normalized spacial score (nSPS) is 15.9. The number of aliphatic hydroxyl groups excluding tert-OH is 1. The number of rotatable bonds is 9. The summed E-state index contributed by atoms with van der Waals surface area (Å²) in [7, 11) is 3.21. The number of methoxy groups -OCH3 is 2. The third-order valence-electron chi connectivity index (χ3n) is 5.63. The lowest BCUT2D eigenvalue weighted by Crippen LogP contribution is -2.48. The Labute approximate surface area is 190 Å². The van der Waals surface area contributed by atoms with Gasteiger partial charge in [0.1, 0.15) is 0 Å².